The molecule has 0 bridgehead atoms. The van der Waals surface area contributed by atoms with Gasteiger partial charge >= 0.3 is 5.97 Å². The van der Waals surface area contributed by atoms with E-state index in [1.54, 1.807) is 4.90 Å². The number of hydrogen-bond acceptors (Lipinski definition) is 5. The summed E-state index contributed by atoms with van der Waals surface area (Å²) in [6.07, 6.45) is 1.20. The minimum Gasteiger partial charge on any atom is -0.511 e. The molecule has 4 rings (SSSR count). The lowest BCUT2D eigenvalue weighted by molar-refractivity contribution is -0.145. The Balaban J connectivity index is 1.61. The molecule has 0 aromatic heterocycles. The second-order valence-corrected chi connectivity index (χ2v) is 8.37. The molecule has 2 heterocycles. The number of hydrogen-bond donors (Lipinski definition) is 3. The first-order valence-corrected chi connectivity index (χ1v) is 10.9. The summed E-state index contributed by atoms with van der Waals surface area (Å²) in [4.78, 5) is 38.4. The van der Waals surface area contributed by atoms with E-state index in [1.165, 1.54) is 0 Å². The van der Waals surface area contributed by atoms with Gasteiger partial charge in [0.15, 0.2) is 0 Å². The predicted octanol–water partition coefficient (Wildman–Crippen LogP) is 2.65. The Morgan fingerprint density at radius 1 is 1.00 bits per heavy atom. The average molecular weight is 450 g/mol. The molecular formula is C25H26N2O6. The maximum atomic E-state index is 13.4. The number of carbonyl (C=O) groups is 3. The molecule has 2 amide bonds. The van der Waals surface area contributed by atoms with Gasteiger partial charge in [-0.15, -0.1) is 0 Å². The summed E-state index contributed by atoms with van der Waals surface area (Å²) in [6, 6.07) is 17.8. The molecule has 0 unspecified atom stereocenters. The van der Waals surface area contributed by atoms with Gasteiger partial charge in [-0.1, -0.05) is 54.6 Å². The second kappa shape index (κ2) is 9.46. The zero-order chi connectivity index (χ0) is 23.4. The Hall–Kier alpha value is -3.65. The van der Waals surface area contributed by atoms with Gasteiger partial charge in [0, 0.05) is 26.2 Å². The zero-order valence-electron chi connectivity index (χ0n) is 18.1. The van der Waals surface area contributed by atoms with Gasteiger partial charge in [0.1, 0.15) is 17.9 Å². The molecule has 1 fully saturated rings. The van der Waals surface area contributed by atoms with Crippen LogP contribution in [0.1, 0.15) is 24.8 Å². The molecule has 0 saturated carbocycles. The molecule has 8 nitrogen and oxygen atoms in total. The monoisotopic (exact) mass is 450 g/mol. The van der Waals surface area contributed by atoms with Crippen LogP contribution >= 0.6 is 0 Å². The number of aliphatic hydroxyl groups excluding tert-OH is 1. The van der Waals surface area contributed by atoms with E-state index in [-0.39, 0.29) is 18.7 Å². The van der Waals surface area contributed by atoms with Crippen LogP contribution in [-0.4, -0.2) is 58.2 Å². The third-order valence-corrected chi connectivity index (χ3v) is 6.27. The number of benzene rings is 2. The molecule has 0 aliphatic carbocycles. The highest BCUT2D eigenvalue weighted by molar-refractivity contribution is 6.19. The number of rotatable bonds is 6. The Bertz CT molecular complexity index is 1070. The van der Waals surface area contributed by atoms with Crippen molar-refractivity contribution in [2.75, 3.05) is 19.8 Å². The molecule has 3 N–H and O–H groups in total. The van der Waals surface area contributed by atoms with Crippen LogP contribution in [0.15, 0.2) is 65.9 Å². The number of amides is 2. The third kappa shape index (κ3) is 4.75. The van der Waals surface area contributed by atoms with Crippen molar-refractivity contribution in [3.8, 4) is 11.1 Å². The van der Waals surface area contributed by atoms with Crippen molar-refractivity contribution in [3.05, 3.63) is 71.5 Å². The number of ether oxygens (including phenoxy) is 1. The molecule has 2 aromatic rings. The van der Waals surface area contributed by atoms with Crippen molar-refractivity contribution in [3.63, 3.8) is 0 Å². The predicted molar refractivity (Wildman–Crippen MR) is 120 cm³/mol. The first kappa shape index (κ1) is 22.5. The molecule has 33 heavy (non-hydrogen) atoms. The first-order chi connectivity index (χ1) is 15.9. The van der Waals surface area contributed by atoms with E-state index in [0.717, 1.165) is 16.7 Å². The zero-order valence-corrected chi connectivity index (χ0v) is 18.1. The number of carboxylic acids is 1. The van der Waals surface area contributed by atoms with Gasteiger partial charge in [-0.3, -0.25) is 14.4 Å². The maximum Gasteiger partial charge on any atom is 0.322 e. The largest absolute Gasteiger partial charge is 0.511 e. The third-order valence-electron chi connectivity index (χ3n) is 6.27. The van der Waals surface area contributed by atoms with Crippen molar-refractivity contribution in [1.82, 2.24) is 10.2 Å². The molecule has 8 heteroatoms. The van der Waals surface area contributed by atoms with Gasteiger partial charge in [0.2, 0.25) is 0 Å². The van der Waals surface area contributed by atoms with Crippen molar-refractivity contribution >= 4 is 17.8 Å². The summed E-state index contributed by atoms with van der Waals surface area (Å²) in [5.41, 5.74) is 1.98. The SMILES string of the molecule is O=C(O)CNC(=O)C1=C(O)CC2(CCOCC2)N(Cc2ccc(-c3ccccc3)cc2)C1=O. The summed E-state index contributed by atoms with van der Waals surface area (Å²) in [5.74, 6) is -3.02. The lowest BCUT2D eigenvalue weighted by Gasteiger charge is -2.49. The fourth-order valence-electron chi connectivity index (χ4n) is 4.50. The van der Waals surface area contributed by atoms with Crippen LogP contribution in [0.3, 0.4) is 0 Å². The quantitative estimate of drug-likeness (QED) is 0.583. The van der Waals surface area contributed by atoms with Gasteiger partial charge < -0.3 is 25.2 Å². The summed E-state index contributed by atoms with van der Waals surface area (Å²) in [6.45, 7) is 0.523. The minimum absolute atomic E-state index is 0.125. The van der Waals surface area contributed by atoms with Crippen LogP contribution in [0, 0.1) is 0 Å². The maximum absolute atomic E-state index is 13.4. The van der Waals surface area contributed by atoms with Crippen LogP contribution in [0.5, 0.6) is 0 Å². The van der Waals surface area contributed by atoms with Gasteiger partial charge in [-0.25, -0.2) is 0 Å². The Kier molecular flexibility index (Phi) is 6.46. The van der Waals surface area contributed by atoms with Gasteiger partial charge in [0.05, 0.1) is 5.54 Å². The molecular weight excluding hydrogens is 424 g/mol. The first-order valence-electron chi connectivity index (χ1n) is 10.9. The highest BCUT2D eigenvalue weighted by atomic mass is 16.5. The topological polar surface area (TPSA) is 116 Å². The smallest absolute Gasteiger partial charge is 0.322 e. The fraction of sp³-hybridized carbons (Fsp3) is 0.320. The average Bonchev–Trinajstić information content (AvgIpc) is 2.82. The van der Waals surface area contributed by atoms with E-state index in [0.29, 0.717) is 26.1 Å². The highest BCUT2D eigenvalue weighted by Crippen LogP contribution is 2.40. The van der Waals surface area contributed by atoms with Gasteiger partial charge in [-0.05, 0) is 29.5 Å². The lowest BCUT2D eigenvalue weighted by atomic mass is 9.79. The molecule has 1 saturated heterocycles. The van der Waals surface area contributed by atoms with E-state index in [4.69, 9.17) is 9.84 Å². The molecule has 2 aliphatic heterocycles. The van der Waals surface area contributed by atoms with E-state index < -0.39 is 35.4 Å². The van der Waals surface area contributed by atoms with Crippen LogP contribution in [0.2, 0.25) is 0 Å². The van der Waals surface area contributed by atoms with E-state index in [2.05, 4.69) is 5.32 Å². The number of aliphatic carboxylic acids is 1. The van der Waals surface area contributed by atoms with E-state index in [1.807, 2.05) is 54.6 Å². The van der Waals surface area contributed by atoms with Crippen molar-refractivity contribution in [2.45, 2.75) is 31.3 Å². The summed E-state index contributed by atoms with van der Waals surface area (Å²) in [5, 5.41) is 21.6. The number of aliphatic hydroxyl groups is 1. The normalized spacial score (nSPS) is 17.8. The van der Waals surface area contributed by atoms with E-state index >= 15 is 0 Å². The van der Waals surface area contributed by atoms with Crippen LogP contribution in [0.4, 0.5) is 0 Å². The van der Waals surface area contributed by atoms with Crippen molar-refractivity contribution in [2.24, 2.45) is 0 Å². The molecule has 2 aliphatic rings. The molecule has 172 valence electrons. The fourth-order valence-corrected chi connectivity index (χ4v) is 4.50. The number of carboxylic acid groups (broad SMARTS) is 1. The number of nitrogens with zero attached hydrogens (tertiary/aromatic N) is 1. The standard InChI is InChI=1S/C25H26N2O6/c28-20-14-25(10-12-33-13-11-25)27(24(32)22(20)23(31)26-15-21(29)30)16-17-6-8-19(9-7-17)18-4-2-1-3-5-18/h1-9,28H,10-16H2,(H,26,31)(H,29,30). The van der Waals surface area contributed by atoms with Gasteiger partial charge in [0.25, 0.3) is 11.8 Å². The summed E-state index contributed by atoms with van der Waals surface area (Å²) < 4.78 is 5.49. The Morgan fingerprint density at radius 3 is 2.27 bits per heavy atom. The lowest BCUT2D eigenvalue weighted by Crippen LogP contribution is -2.58. The van der Waals surface area contributed by atoms with Crippen LogP contribution in [0.25, 0.3) is 11.1 Å². The molecule has 0 radical (unpaired) electrons. The second-order valence-electron chi connectivity index (χ2n) is 8.37. The summed E-state index contributed by atoms with van der Waals surface area (Å²) in [7, 11) is 0. The molecule has 1 spiro atoms. The van der Waals surface area contributed by atoms with Crippen molar-refractivity contribution < 1.29 is 29.3 Å². The highest BCUT2D eigenvalue weighted by Gasteiger charge is 2.48. The molecule has 0 atom stereocenters. The Morgan fingerprint density at radius 2 is 1.64 bits per heavy atom. The number of carbonyl (C=O) groups excluding carboxylic acids is 2. The Labute approximate surface area is 191 Å². The molecule has 2 aromatic carbocycles. The van der Waals surface area contributed by atoms with Crippen LogP contribution < -0.4 is 5.32 Å². The summed E-state index contributed by atoms with van der Waals surface area (Å²) >= 11 is 0. The minimum atomic E-state index is -1.23. The van der Waals surface area contributed by atoms with Crippen molar-refractivity contribution in [1.29, 1.82) is 0 Å². The number of nitrogens with one attached hydrogen (secondary N) is 1. The van der Waals surface area contributed by atoms with E-state index in [9.17, 15) is 19.5 Å². The van der Waals surface area contributed by atoms with Crippen LogP contribution in [-0.2, 0) is 25.7 Å². The van der Waals surface area contributed by atoms with Gasteiger partial charge in [-0.2, -0.15) is 0 Å².